The smallest absolute Gasteiger partial charge is 0.171 e. The summed E-state index contributed by atoms with van der Waals surface area (Å²) in [6.07, 6.45) is 4.59. The zero-order valence-corrected chi connectivity index (χ0v) is 13.8. The predicted molar refractivity (Wildman–Crippen MR) is 88.1 cm³/mol. The summed E-state index contributed by atoms with van der Waals surface area (Å²) in [5.74, 6) is 2.56. The average Bonchev–Trinajstić information content (AvgIpc) is 2.46. The summed E-state index contributed by atoms with van der Waals surface area (Å²) >= 11 is 0. The Kier molecular flexibility index (Phi) is 5.85. The van der Waals surface area contributed by atoms with E-state index in [1.807, 2.05) is 18.3 Å². The summed E-state index contributed by atoms with van der Waals surface area (Å²) in [6, 6.07) is 4.38. The first-order chi connectivity index (χ1) is 10.1. The van der Waals surface area contributed by atoms with Crippen LogP contribution in [0.15, 0.2) is 18.3 Å². The summed E-state index contributed by atoms with van der Waals surface area (Å²) in [7, 11) is 0. The second kappa shape index (κ2) is 7.64. The fraction of sp³-hybridized carbons (Fsp3) is 0.706. The van der Waals surface area contributed by atoms with E-state index in [-0.39, 0.29) is 6.10 Å². The average molecular weight is 291 g/mol. The van der Waals surface area contributed by atoms with Crippen molar-refractivity contribution in [2.75, 3.05) is 24.5 Å². The molecule has 1 aliphatic rings. The molecular weight excluding hydrogens is 262 g/mol. The van der Waals surface area contributed by atoms with Gasteiger partial charge in [-0.25, -0.2) is 4.98 Å². The van der Waals surface area contributed by atoms with Crippen molar-refractivity contribution in [1.82, 2.24) is 10.3 Å². The van der Waals surface area contributed by atoms with Gasteiger partial charge in [-0.15, -0.1) is 0 Å². The van der Waals surface area contributed by atoms with Crippen LogP contribution in [0, 0.1) is 5.92 Å². The molecule has 0 saturated carbocycles. The number of hydrogen-bond acceptors (Lipinski definition) is 4. The molecule has 0 spiro atoms. The number of nitrogens with zero attached hydrogens (tertiary/aromatic N) is 2. The van der Waals surface area contributed by atoms with Crippen LogP contribution in [0.5, 0.6) is 5.75 Å². The van der Waals surface area contributed by atoms with E-state index in [0.717, 1.165) is 31.2 Å². The van der Waals surface area contributed by atoms with Crippen molar-refractivity contribution in [2.24, 2.45) is 5.92 Å². The molecule has 2 rings (SSSR count). The minimum Gasteiger partial charge on any atom is -0.487 e. The van der Waals surface area contributed by atoms with E-state index in [1.54, 1.807) is 0 Å². The number of piperidine rings is 1. The highest BCUT2D eigenvalue weighted by Gasteiger charge is 2.22. The Morgan fingerprint density at radius 1 is 1.38 bits per heavy atom. The summed E-state index contributed by atoms with van der Waals surface area (Å²) in [5, 5.41) is 3.50. The summed E-state index contributed by atoms with van der Waals surface area (Å²) in [6.45, 7) is 11.9. The van der Waals surface area contributed by atoms with Crippen molar-refractivity contribution in [3.8, 4) is 5.75 Å². The minimum atomic E-state index is 0.165. The lowest BCUT2D eigenvalue weighted by Crippen LogP contribution is -2.41. The van der Waals surface area contributed by atoms with Gasteiger partial charge in [-0.05, 0) is 71.7 Å². The largest absolute Gasteiger partial charge is 0.487 e. The summed E-state index contributed by atoms with van der Waals surface area (Å²) < 4.78 is 5.95. The summed E-state index contributed by atoms with van der Waals surface area (Å²) in [5.41, 5.74) is 0. The third-order valence-electron chi connectivity index (χ3n) is 3.86. The van der Waals surface area contributed by atoms with Gasteiger partial charge in [0.15, 0.2) is 11.6 Å². The maximum absolute atomic E-state index is 5.95. The monoisotopic (exact) mass is 291 g/mol. The first kappa shape index (κ1) is 16.1. The zero-order valence-electron chi connectivity index (χ0n) is 13.8. The Morgan fingerprint density at radius 2 is 2.19 bits per heavy atom. The normalized spacial score (nSPS) is 19.0. The van der Waals surface area contributed by atoms with Crippen molar-refractivity contribution in [1.29, 1.82) is 0 Å². The van der Waals surface area contributed by atoms with Gasteiger partial charge in [-0.1, -0.05) is 0 Å². The van der Waals surface area contributed by atoms with Gasteiger partial charge in [-0.2, -0.15) is 0 Å². The Hall–Kier alpha value is -1.29. The molecule has 1 aliphatic heterocycles. The second-order valence-corrected chi connectivity index (χ2v) is 6.45. The Balaban J connectivity index is 2.17. The first-order valence-electron chi connectivity index (χ1n) is 8.17. The van der Waals surface area contributed by atoms with Crippen molar-refractivity contribution in [3.63, 3.8) is 0 Å². The van der Waals surface area contributed by atoms with Gasteiger partial charge in [0.2, 0.25) is 0 Å². The predicted octanol–water partition coefficient (Wildman–Crippen LogP) is 3.08. The molecule has 1 atom stereocenters. The molecular formula is C17H29N3O. The number of anilines is 1. The van der Waals surface area contributed by atoms with E-state index in [0.29, 0.717) is 12.0 Å². The van der Waals surface area contributed by atoms with Gasteiger partial charge in [0.05, 0.1) is 6.10 Å². The standard InChI is InChI=1S/C17H29N3O/c1-13(2)20(12-15-7-5-9-18-11-15)17-16(21-14(3)4)8-6-10-19-17/h6,8,10,13-15,18H,5,7,9,11-12H2,1-4H3. The number of hydrogen-bond donors (Lipinski definition) is 1. The maximum atomic E-state index is 5.95. The maximum Gasteiger partial charge on any atom is 0.171 e. The van der Waals surface area contributed by atoms with Crippen LogP contribution in [0.1, 0.15) is 40.5 Å². The Morgan fingerprint density at radius 3 is 2.81 bits per heavy atom. The van der Waals surface area contributed by atoms with Gasteiger partial charge in [0.1, 0.15) is 0 Å². The summed E-state index contributed by atoms with van der Waals surface area (Å²) in [4.78, 5) is 6.98. The van der Waals surface area contributed by atoms with E-state index >= 15 is 0 Å². The molecule has 1 fully saturated rings. The van der Waals surface area contributed by atoms with Crippen LogP contribution in [0.2, 0.25) is 0 Å². The van der Waals surface area contributed by atoms with Crippen molar-refractivity contribution < 1.29 is 4.74 Å². The molecule has 118 valence electrons. The molecule has 1 aromatic heterocycles. The van der Waals surface area contributed by atoms with Crippen LogP contribution in [-0.2, 0) is 0 Å². The molecule has 0 aliphatic carbocycles. The topological polar surface area (TPSA) is 37.4 Å². The molecule has 1 aromatic rings. The van der Waals surface area contributed by atoms with Crippen molar-refractivity contribution in [2.45, 2.75) is 52.7 Å². The van der Waals surface area contributed by atoms with Crippen LogP contribution >= 0.6 is 0 Å². The van der Waals surface area contributed by atoms with Crippen LogP contribution in [-0.4, -0.2) is 36.8 Å². The third kappa shape index (κ3) is 4.60. The van der Waals surface area contributed by atoms with E-state index in [1.165, 1.54) is 12.8 Å². The Bertz CT molecular complexity index is 428. The van der Waals surface area contributed by atoms with Gasteiger partial charge in [-0.3, -0.25) is 0 Å². The Labute approximate surface area is 128 Å². The van der Waals surface area contributed by atoms with Crippen LogP contribution in [0.3, 0.4) is 0 Å². The first-order valence-corrected chi connectivity index (χ1v) is 8.17. The molecule has 0 amide bonds. The molecule has 0 aromatic carbocycles. The molecule has 2 heterocycles. The second-order valence-electron chi connectivity index (χ2n) is 6.45. The highest BCUT2D eigenvalue weighted by atomic mass is 16.5. The lowest BCUT2D eigenvalue weighted by Gasteiger charge is -2.34. The molecule has 0 bridgehead atoms. The van der Waals surface area contributed by atoms with Gasteiger partial charge in [0, 0.05) is 18.8 Å². The van der Waals surface area contributed by atoms with Crippen LogP contribution in [0.25, 0.3) is 0 Å². The van der Waals surface area contributed by atoms with Gasteiger partial charge < -0.3 is 15.0 Å². The molecule has 4 heteroatoms. The lowest BCUT2D eigenvalue weighted by molar-refractivity contribution is 0.241. The number of nitrogens with one attached hydrogen (secondary N) is 1. The van der Waals surface area contributed by atoms with E-state index in [2.05, 4.69) is 42.9 Å². The van der Waals surface area contributed by atoms with Gasteiger partial charge in [0.25, 0.3) is 0 Å². The highest BCUT2D eigenvalue weighted by molar-refractivity contribution is 5.52. The molecule has 4 nitrogen and oxygen atoms in total. The number of rotatable bonds is 6. The molecule has 1 saturated heterocycles. The highest BCUT2D eigenvalue weighted by Crippen LogP contribution is 2.29. The molecule has 1 N–H and O–H groups in total. The fourth-order valence-electron chi connectivity index (χ4n) is 2.84. The van der Waals surface area contributed by atoms with Crippen molar-refractivity contribution >= 4 is 5.82 Å². The molecule has 21 heavy (non-hydrogen) atoms. The van der Waals surface area contributed by atoms with Crippen LogP contribution < -0.4 is 15.0 Å². The molecule has 1 unspecified atom stereocenters. The zero-order chi connectivity index (χ0) is 15.2. The SMILES string of the molecule is CC(C)Oc1cccnc1N(CC1CCCNC1)C(C)C. The van der Waals surface area contributed by atoms with E-state index in [9.17, 15) is 0 Å². The molecule has 0 radical (unpaired) electrons. The van der Waals surface area contributed by atoms with Gasteiger partial charge >= 0.3 is 0 Å². The number of aromatic nitrogens is 1. The van der Waals surface area contributed by atoms with Crippen LogP contribution in [0.4, 0.5) is 5.82 Å². The minimum absolute atomic E-state index is 0.165. The third-order valence-corrected chi connectivity index (χ3v) is 3.86. The number of pyridine rings is 1. The van der Waals surface area contributed by atoms with Crippen molar-refractivity contribution in [3.05, 3.63) is 18.3 Å². The van der Waals surface area contributed by atoms with E-state index < -0.39 is 0 Å². The lowest BCUT2D eigenvalue weighted by atomic mass is 9.98. The number of ether oxygens (including phenoxy) is 1. The fourth-order valence-corrected chi connectivity index (χ4v) is 2.84. The quantitative estimate of drug-likeness (QED) is 0.874. The van der Waals surface area contributed by atoms with E-state index in [4.69, 9.17) is 4.74 Å².